The molecular weight excluding hydrogens is 371 g/mol. The van der Waals surface area contributed by atoms with Crippen LogP contribution in [0.25, 0.3) is 0 Å². The second-order valence-corrected chi connectivity index (χ2v) is 8.21. The Hall–Kier alpha value is -2.83. The minimum atomic E-state index is -0.490. The molecule has 1 atom stereocenters. The van der Waals surface area contributed by atoms with Crippen molar-refractivity contribution in [2.45, 2.75) is 39.2 Å². The molecule has 29 heavy (non-hydrogen) atoms. The van der Waals surface area contributed by atoms with Crippen LogP contribution in [0, 0.1) is 18.2 Å². The molecule has 2 aromatic rings. The highest BCUT2D eigenvalue weighted by atomic mass is 19.1. The molecule has 1 spiro atoms. The molecule has 2 aliphatic rings. The molecule has 152 valence electrons. The van der Waals surface area contributed by atoms with Crippen LogP contribution in [-0.2, 0) is 11.3 Å². The third-order valence-corrected chi connectivity index (χ3v) is 5.99. The molecule has 6 nitrogen and oxygen atoms in total. The van der Waals surface area contributed by atoms with Gasteiger partial charge in [0.25, 0.3) is 5.91 Å². The monoisotopic (exact) mass is 396 g/mol. The van der Waals surface area contributed by atoms with Crippen molar-refractivity contribution in [2.24, 2.45) is 5.41 Å². The molecule has 1 unspecified atom stereocenters. The van der Waals surface area contributed by atoms with Gasteiger partial charge in [-0.1, -0.05) is 12.1 Å². The molecule has 1 aromatic carbocycles. The van der Waals surface area contributed by atoms with Gasteiger partial charge in [0.05, 0.1) is 29.7 Å². The molecule has 0 bridgehead atoms. The van der Waals surface area contributed by atoms with Crippen LogP contribution in [0.5, 0.6) is 0 Å². The van der Waals surface area contributed by atoms with Gasteiger partial charge in [-0.05, 0) is 38.3 Å². The second-order valence-electron chi connectivity index (χ2n) is 8.21. The van der Waals surface area contributed by atoms with E-state index in [-0.39, 0.29) is 22.8 Å². The fourth-order valence-electron chi connectivity index (χ4n) is 4.46. The first-order valence-corrected chi connectivity index (χ1v) is 10.0. The Morgan fingerprint density at radius 3 is 2.76 bits per heavy atom. The number of aryl methyl sites for hydroxylation is 1. The molecule has 0 saturated carbocycles. The van der Waals surface area contributed by atoms with E-state index in [4.69, 9.17) is 0 Å². The van der Waals surface area contributed by atoms with Crippen LogP contribution in [-0.4, -0.2) is 51.2 Å². The highest BCUT2D eigenvalue weighted by Gasteiger charge is 2.43. The Labute approximate surface area is 169 Å². The van der Waals surface area contributed by atoms with E-state index in [2.05, 4.69) is 9.97 Å². The van der Waals surface area contributed by atoms with E-state index in [1.165, 1.54) is 12.1 Å². The minimum absolute atomic E-state index is 0.107. The minimum Gasteiger partial charge on any atom is -0.338 e. The maximum absolute atomic E-state index is 14.1. The maximum Gasteiger partial charge on any atom is 0.256 e. The molecule has 2 fully saturated rings. The first-order chi connectivity index (χ1) is 14.0. The fraction of sp³-hybridized carbons (Fsp3) is 0.455. The third-order valence-electron chi connectivity index (χ3n) is 5.99. The molecule has 0 N–H and O–H groups in total. The van der Waals surface area contributed by atoms with Crippen molar-refractivity contribution < 1.29 is 14.0 Å². The molecule has 3 heterocycles. The molecule has 0 aliphatic carbocycles. The van der Waals surface area contributed by atoms with Crippen LogP contribution in [0.2, 0.25) is 0 Å². The molecule has 2 aliphatic heterocycles. The number of carbonyl (C=O) groups is 2. The first-order valence-electron chi connectivity index (χ1n) is 10.0. The lowest BCUT2D eigenvalue weighted by molar-refractivity contribution is -0.139. The molecule has 2 saturated heterocycles. The summed E-state index contributed by atoms with van der Waals surface area (Å²) >= 11 is 0. The van der Waals surface area contributed by atoms with Crippen LogP contribution in [0.15, 0.2) is 36.7 Å². The van der Waals surface area contributed by atoms with E-state index in [0.717, 1.165) is 30.7 Å². The first kappa shape index (κ1) is 19.5. The Kier molecular flexibility index (Phi) is 5.30. The Morgan fingerprint density at radius 2 is 2.00 bits per heavy atom. The number of carbonyl (C=O) groups excluding carboxylic acids is 2. The largest absolute Gasteiger partial charge is 0.338 e. The molecule has 2 amide bonds. The fourth-order valence-corrected chi connectivity index (χ4v) is 4.46. The van der Waals surface area contributed by atoms with Crippen LogP contribution in [0.4, 0.5) is 4.39 Å². The van der Waals surface area contributed by atoms with Crippen molar-refractivity contribution >= 4 is 11.8 Å². The van der Waals surface area contributed by atoms with Crippen LogP contribution in [0.3, 0.4) is 0 Å². The predicted octanol–water partition coefficient (Wildman–Crippen LogP) is 2.97. The van der Waals surface area contributed by atoms with Gasteiger partial charge < -0.3 is 9.80 Å². The molecule has 7 heteroatoms. The van der Waals surface area contributed by atoms with Crippen LogP contribution < -0.4 is 0 Å². The number of hydrogen-bond acceptors (Lipinski definition) is 4. The molecular formula is C22H25FN4O2. The zero-order valence-electron chi connectivity index (χ0n) is 16.6. The smallest absolute Gasteiger partial charge is 0.256 e. The summed E-state index contributed by atoms with van der Waals surface area (Å²) in [5.41, 5.74) is 1.56. The summed E-state index contributed by atoms with van der Waals surface area (Å²) in [6.07, 6.45) is 6.43. The standard InChI is InChI=1S/C22H25FN4O2/c1-16-11-25-17(12-24-16)13-27-15-22(9-7-20(27)28)8-4-10-26(14-22)21(29)18-5-2-3-6-19(18)23/h2-3,5-6,11-12H,4,7-10,13-15H2,1H3. The van der Waals surface area contributed by atoms with Gasteiger partial charge in [0, 0.05) is 37.7 Å². The number of hydrogen-bond donors (Lipinski definition) is 0. The summed E-state index contributed by atoms with van der Waals surface area (Å²) in [4.78, 5) is 37.6. The van der Waals surface area contributed by atoms with Gasteiger partial charge in [0.1, 0.15) is 5.82 Å². The van der Waals surface area contributed by atoms with Gasteiger partial charge >= 0.3 is 0 Å². The number of halogens is 1. The summed E-state index contributed by atoms with van der Waals surface area (Å²) in [5.74, 6) is -0.652. The molecule has 0 radical (unpaired) electrons. The Bertz CT molecular complexity index is 917. The summed E-state index contributed by atoms with van der Waals surface area (Å²) in [6.45, 7) is 4.05. The lowest BCUT2D eigenvalue weighted by atomic mass is 9.73. The number of nitrogens with zero attached hydrogens (tertiary/aromatic N) is 4. The lowest BCUT2D eigenvalue weighted by Gasteiger charge is -2.48. The quantitative estimate of drug-likeness (QED) is 0.800. The van der Waals surface area contributed by atoms with Crippen molar-refractivity contribution in [2.75, 3.05) is 19.6 Å². The summed E-state index contributed by atoms with van der Waals surface area (Å²) in [6, 6.07) is 6.12. The van der Waals surface area contributed by atoms with Crippen molar-refractivity contribution in [1.82, 2.24) is 19.8 Å². The van der Waals surface area contributed by atoms with E-state index in [1.54, 1.807) is 29.4 Å². The number of piperidine rings is 2. The van der Waals surface area contributed by atoms with Crippen molar-refractivity contribution in [3.05, 3.63) is 59.4 Å². The van der Waals surface area contributed by atoms with Gasteiger partial charge in [0.2, 0.25) is 5.91 Å². The van der Waals surface area contributed by atoms with Gasteiger partial charge in [0.15, 0.2) is 0 Å². The van der Waals surface area contributed by atoms with E-state index >= 15 is 0 Å². The second kappa shape index (κ2) is 7.89. The Morgan fingerprint density at radius 1 is 1.17 bits per heavy atom. The van der Waals surface area contributed by atoms with Gasteiger partial charge in [-0.2, -0.15) is 0 Å². The van der Waals surface area contributed by atoms with Crippen molar-refractivity contribution in [3.63, 3.8) is 0 Å². The SMILES string of the molecule is Cc1cnc(CN2CC3(CCCN(C(=O)c4ccccc4F)C3)CCC2=O)cn1. The summed E-state index contributed by atoms with van der Waals surface area (Å²) in [7, 11) is 0. The highest BCUT2D eigenvalue weighted by Crippen LogP contribution is 2.39. The molecule has 1 aromatic heterocycles. The van der Waals surface area contributed by atoms with Crippen molar-refractivity contribution in [3.8, 4) is 0 Å². The van der Waals surface area contributed by atoms with E-state index < -0.39 is 5.82 Å². The highest BCUT2D eigenvalue weighted by molar-refractivity contribution is 5.94. The number of benzene rings is 1. The Balaban J connectivity index is 1.49. The van der Waals surface area contributed by atoms with E-state index in [0.29, 0.717) is 32.6 Å². The summed E-state index contributed by atoms with van der Waals surface area (Å²) in [5, 5.41) is 0. The van der Waals surface area contributed by atoms with Crippen LogP contribution >= 0.6 is 0 Å². The van der Waals surface area contributed by atoms with E-state index in [9.17, 15) is 14.0 Å². The summed E-state index contributed by atoms with van der Waals surface area (Å²) < 4.78 is 14.1. The average Bonchev–Trinajstić information content (AvgIpc) is 2.73. The number of rotatable bonds is 3. The lowest BCUT2D eigenvalue weighted by Crippen LogP contribution is -2.55. The molecule has 4 rings (SSSR count). The number of aromatic nitrogens is 2. The van der Waals surface area contributed by atoms with Gasteiger partial charge in [-0.3, -0.25) is 19.6 Å². The van der Waals surface area contributed by atoms with Crippen molar-refractivity contribution in [1.29, 1.82) is 0 Å². The maximum atomic E-state index is 14.1. The zero-order chi connectivity index (χ0) is 20.4. The predicted molar refractivity (Wildman–Crippen MR) is 105 cm³/mol. The normalized spacial score (nSPS) is 22.2. The van der Waals surface area contributed by atoms with E-state index in [1.807, 2.05) is 11.8 Å². The number of amides is 2. The third kappa shape index (κ3) is 4.13. The number of likely N-dealkylation sites (tertiary alicyclic amines) is 2. The van der Waals surface area contributed by atoms with Crippen LogP contribution in [0.1, 0.15) is 47.4 Å². The zero-order valence-corrected chi connectivity index (χ0v) is 16.6. The van der Waals surface area contributed by atoms with Gasteiger partial charge in [-0.15, -0.1) is 0 Å². The van der Waals surface area contributed by atoms with Gasteiger partial charge in [-0.25, -0.2) is 4.39 Å². The average molecular weight is 396 g/mol. The topological polar surface area (TPSA) is 66.4 Å².